The summed E-state index contributed by atoms with van der Waals surface area (Å²) >= 11 is 0. The zero-order valence-electron chi connectivity index (χ0n) is 13.5. The lowest BCUT2D eigenvalue weighted by molar-refractivity contribution is -0.137. The molecule has 142 valence electrons. The summed E-state index contributed by atoms with van der Waals surface area (Å²) in [4.78, 5) is 12.0. The second-order valence-corrected chi connectivity index (χ2v) is 6.89. The minimum Gasteiger partial charge on any atom is -0.495 e. The molecule has 0 aliphatic carbocycles. The Kier molecular flexibility index (Phi) is 5.39. The van der Waals surface area contributed by atoms with E-state index >= 15 is 0 Å². The first-order chi connectivity index (χ1) is 12.0. The quantitative estimate of drug-likeness (QED) is 0.765. The lowest BCUT2D eigenvalue weighted by atomic mass is 10.1. The van der Waals surface area contributed by atoms with Crippen LogP contribution in [-0.2, 0) is 27.5 Å². The molecule has 1 aromatic carbocycles. The van der Waals surface area contributed by atoms with Crippen molar-refractivity contribution < 1.29 is 31.1 Å². The number of nitrogens with one attached hydrogen (secondary N) is 2. The molecule has 0 unspecified atom stereocenters. The van der Waals surface area contributed by atoms with E-state index in [1.807, 2.05) is 0 Å². The second-order valence-electron chi connectivity index (χ2n) is 5.14. The van der Waals surface area contributed by atoms with E-state index in [-0.39, 0.29) is 17.3 Å². The maximum absolute atomic E-state index is 12.8. The van der Waals surface area contributed by atoms with Gasteiger partial charge in [0.1, 0.15) is 12.3 Å². The fraction of sp³-hybridized carbons (Fsp3) is 0.308. The number of methoxy groups -OCH3 is 1. The highest BCUT2D eigenvalue weighted by atomic mass is 32.2. The molecule has 0 spiro atoms. The molecule has 26 heavy (non-hydrogen) atoms. The van der Waals surface area contributed by atoms with Crippen molar-refractivity contribution in [3.63, 3.8) is 0 Å². The molecule has 9 nitrogen and oxygen atoms in total. The molecule has 0 bridgehead atoms. The van der Waals surface area contributed by atoms with E-state index in [1.54, 1.807) is 0 Å². The summed E-state index contributed by atoms with van der Waals surface area (Å²) in [5.74, 6) is -0.764. The Labute approximate surface area is 146 Å². The number of nitrogens with zero attached hydrogens (tertiary/aromatic N) is 3. The number of alkyl halides is 3. The van der Waals surface area contributed by atoms with E-state index in [2.05, 4.69) is 20.4 Å². The van der Waals surface area contributed by atoms with Crippen LogP contribution in [0.15, 0.2) is 24.4 Å². The van der Waals surface area contributed by atoms with E-state index in [4.69, 9.17) is 4.74 Å². The fourth-order valence-corrected chi connectivity index (χ4v) is 2.40. The smallest absolute Gasteiger partial charge is 0.416 e. The molecule has 0 radical (unpaired) electrons. The van der Waals surface area contributed by atoms with Gasteiger partial charge < -0.3 is 10.1 Å². The van der Waals surface area contributed by atoms with Crippen molar-refractivity contribution in [3.8, 4) is 5.75 Å². The Balaban J connectivity index is 2.12. The third kappa shape index (κ3) is 5.34. The van der Waals surface area contributed by atoms with Crippen LogP contribution >= 0.6 is 0 Å². The number of rotatable bonds is 6. The summed E-state index contributed by atoms with van der Waals surface area (Å²) in [6, 6.07) is 2.66. The number of aromatic nitrogens is 3. The first-order valence-electron chi connectivity index (χ1n) is 6.91. The molecule has 0 fully saturated rings. The molecular weight excluding hydrogens is 379 g/mol. The minimum atomic E-state index is -4.58. The number of ether oxygens (including phenoxy) is 1. The maximum atomic E-state index is 12.8. The van der Waals surface area contributed by atoms with Crippen LogP contribution in [0.1, 0.15) is 5.56 Å². The van der Waals surface area contributed by atoms with Gasteiger partial charge in [0.15, 0.2) is 5.82 Å². The second kappa shape index (κ2) is 7.19. The summed E-state index contributed by atoms with van der Waals surface area (Å²) in [6.07, 6.45) is -2.51. The van der Waals surface area contributed by atoms with E-state index < -0.39 is 34.2 Å². The molecular formula is C13H14F3N5O4S. The average Bonchev–Trinajstić information content (AvgIpc) is 2.90. The van der Waals surface area contributed by atoms with Gasteiger partial charge in [-0.3, -0.25) is 9.52 Å². The average molecular weight is 393 g/mol. The summed E-state index contributed by atoms with van der Waals surface area (Å²) in [5, 5.41) is 9.35. The van der Waals surface area contributed by atoms with Crippen LogP contribution in [0.25, 0.3) is 0 Å². The van der Waals surface area contributed by atoms with Gasteiger partial charge in [-0.1, -0.05) is 5.21 Å². The molecule has 13 heteroatoms. The molecule has 1 amide bonds. The molecule has 0 saturated carbocycles. The summed E-state index contributed by atoms with van der Waals surface area (Å²) in [6.45, 7) is -0.405. The number of halogens is 3. The Bertz CT molecular complexity index is 911. The van der Waals surface area contributed by atoms with Crippen molar-refractivity contribution in [2.45, 2.75) is 12.7 Å². The largest absolute Gasteiger partial charge is 0.495 e. The number of hydrogen-bond donors (Lipinski definition) is 2. The first kappa shape index (κ1) is 19.5. The summed E-state index contributed by atoms with van der Waals surface area (Å²) in [7, 11) is -2.31. The molecule has 0 saturated heterocycles. The van der Waals surface area contributed by atoms with Crippen molar-refractivity contribution in [2.75, 3.05) is 23.4 Å². The highest BCUT2D eigenvalue weighted by Gasteiger charge is 2.31. The summed E-state index contributed by atoms with van der Waals surface area (Å²) < 4.78 is 68.6. The molecule has 0 aliphatic heterocycles. The lowest BCUT2D eigenvalue weighted by Crippen LogP contribution is -2.20. The Hall–Kier alpha value is -2.83. The normalized spacial score (nSPS) is 11.9. The van der Waals surface area contributed by atoms with Gasteiger partial charge >= 0.3 is 6.18 Å². The number of sulfonamides is 1. The van der Waals surface area contributed by atoms with E-state index in [1.165, 1.54) is 7.11 Å². The van der Waals surface area contributed by atoms with Crippen LogP contribution < -0.4 is 14.8 Å². The Morgan fingerprint density at radius 2 is 2.04 bits per heavy atom. The number of hydrogen-bond acceptors (Lipinski definition) is 6. The van der Waals surface area contributed by atoms with Crippen molar-refractivity contribution in [3.05, 3.63) is 30.0 Å². The molecule has 0 atom stereocenters. The van der Waals surface area contributed by atoms with E-state index in [0.29, 0.717) is 0 Å². The third-order valence-corrected chi connectivity index (χ3v) is 3.52. The lowest BCUT2D eigenvalue weighted by Gasteiger charge is -2.13. The van der Waals surface area contributed by atoms with E-state index in [9.17, 15) is 26.4 Å². The van der Waals surface area contributed by atoms with Gasteiger partial charge in [-0.05, 0) is 18.2 Å². The van der Waals surface area contributed by atoms with Crippen molar-refractivity contribution in [1.82, 2.24) is 15.0 Å². The number of carbonyl (C=O) groups excluding carboxylic acids is 1. The van der Waals surface area contributed by atoms with Crippen molar-refractivity contribution in [2.24, 2.45) is 0 Å². The zero-order chi connectivity index (χ0) is 19.5. The molecule has 0 aliphatic rings. The van der Waals surface area contributed by atoms with Gasteiger partial charge in [-0.25, -0.2) is 13.1 Å². The van der Waals surface area contributed by atoms with Crippen LogP contribution in [0.3, 0.4) is 0 Å². The maximum Gasteiger partial charge on any atom is 0.416 e. The predicted octanol–water partition coefficient (Wildman–Crippen LogP) is 1.32. The summed E-state index contributed by atoms with van der Waals surface area (Å²) in [5.41, 5.74) is -1.11. The SMILES string of the molecule is COc1ccc(C(F)(F)F)cc1NC(=O)Cn1cc(NS(C)(=O)=O)nn1. The van der Waals surface area contributed by atoms with Gasteiger partial charge in [0.2, 0.25) is 15.9 Å². The van der Waals surface area contributed by atoms with Crippen LogP contribution in [0, 0.1) is 0 Å². The van der Waals surface area contributed by atoms with Gasteiger partial charge in [0, 0.05) is 0 Å². The number of benzene rings is 1. The molecule has 1 heterocycles. The Morgan fingerprint density at radius 3 is 2.62 bits per heavy atom. The van der Waals surface area contributed by atoms with Crippen molar-refractivity contribution in [1.29, 1.82) is 0 Å². The fourth-order valence-electron chi connectivity index (χ4n) is 1.93. The van der Waals surface area contributed by atoms with Crippen LogP contribution in [-0.4, -0.2) is 42.7 Å². The van der Waals surface area contributed by atoms with Crippen LogP contribution in [0.4, 0.5) is 24.7 Å². The molecule has 1 aromatic heterocycles. The monoisotopic (exact) mass is 393 g/mol. The van der Waals surface area contributed by atoms with Gasteiger partial charge in [-0.15, -0.1) is 5.10 Å². The predicted molar refractivity (Wildman–Crippen MR) is 85.1 cm³/mol. The zero-order valence-corrected chi connectivity index (χ0v) is 14.3. The topological polar surface area (TPSA) is 115 Å². The van der Waals surface area contributed by atoms with Crippen molar-refractivity contribution >= 4 is 27.4 Å². The number of carbonyl (C=O) groups is 1. The number of anilines is 2. The standard InChI is InChI=1S/C13H14F3N5O4S/c1-25-10-4-3-8(13(14,15)16)5-9(10)17-12(22)7-21-6-11(18-20-21)19-26(2,23)24/h3-6,19H,7H2,1-2H3,(H,17,22). The molecule has 2 rings (SSSR count). The van der Waals surface area contributed by atoms with Crippen LogP contribution in [0.2, 0.25) is 0 Å². The Morgan fingerprint density at radius 1 is 1.35 bits per heavy atom. The molecule has 2 N–H and O–H groups in total. The highest BCUT2D eigenvalue weighted by molar-refractivity contribution is 7.92. The highest BCUT2D eigenvalue weighted by Crippen LogP contribution is 2.34. The van der Waals surface area contributed by atoms with E-state index in [0.717, 1.165) is 35.3 Å². The van der Waals surface area contributed by atoms with Gasteiger partial charge in [0.25, 0.3) is 0 Å². The minimum absolute atomic E-state index is 0.0457. The van der Waals surface area contributed by atoms with Gasteiger partial charge in [-0.2, -0.15) is 13.2 Å². The number of amides is 1. The van der Waals surface area contributed by atoms with Crippen LogP contribution in [0.5, 0.6) is 5.75 Å². The van der Waals surface area contributed by atoms with Gasteiger partial charge in [0.05, 0.1) is 30.8 Å². The first-order valence-corrected chi connectivity index (χ1v) is 8.80. The third-order valence-electron chi connectivity index (χ3n) is 2.94. The molecule has 2 aromatic rings.